The first kappa shape index (κ1) is 17.7. The van der Waals surface area contributed by atoms with Gasteiger partial charge in [0.05, 0.1) is 5.56 Å². The number of carbonyl (C=O) groups excluding carboxylic acids is 1. The average Bonchev–Trinajstić information content (AvgIpc) is 2.67. The summed E-state index contributed by atoms with van der Waals surface area (Å²) < 4.78 is 5.78. The van der Waals surface area contributed by atoms with Crippen molar-refractivity contribution in [3.8, 4) is 11.8 Å². The van der Waals surface area contributed by atoms with Gasteiger partial charge in [0, 0.05) is 23.6 Å². The fourth-order valence-electron chi connectivity index (χ4n) is 2.34. The predicted octanol–water partition coefficient (Wildman–Crippen LogP) is 2.35. The molecule has 0 atom stereocenters. The monoisotopic (exact) mass is 360 g/mol. The second kappa shape index (κ2) is 7.84. The van der Waals surface area contributed by atoms with Gasteiger partial charge in [-0.1, -0.05) is 12.1 Å². The van der Waals surface area contributed by atoms with Gasteiger partial charge in [0.2, 0.25) is 5.95 Å². The number of ether oxygens (including phenoxy) is 1. The number of aromatic nitrogens is 2. The topological polar surface area (TPSA) is 140 Å². The number of nitrogen functional groups attached to an aromatic ring is 1. The fourth-order valence-corrected chi connectivity index (χ4v) is 2.34. The summed E-state index contributed by atoms with van der Waals surface area (Å²) in [6.07, 6.45) is 1.43. The number of nitrogens with zero attached hydrogens (tertiary/aromatic N) is 3. The van der Waals surface area contributed by atoms with Crippen molar-refractivity contribution in [3.63, 3.8) is 0 Å². The van der Waals surface area contributed by atoms with E-state index >= 15 is 0 Å². The zero-order valence-corrected chi connectivity index (χ0v) is 14.2. The van der Waals surface area contributed by atoms with Crippen molar-refractivity contribution in [2.75, 3.05) is 11.1 Å². The van der Waals surface area contributed by atoms with Crippen LogP contribution in [0, 0.1) is 11.3 Å². The molecule has 0 radical (unpaired) electrons. The minimum absolute atomic E-state index is 0.0966. The minimum Gasteiger partial charge on any atom is -0.487 e. The number of hydrogen-bond donors (Lipinski definition) is 3. The molecule has 5 N–H and O–H groups in total. The molecule has 0 unspecified atom stereocenters. The number of anilines is 3. The van der Waals surface area contributed by atoms with E-state index in [0.29, 0.717) is 22.7 Å². The SMILES string of the molecule is N#Cc1ccc(Nc2nccc(C(N)=O)n2)cc1OCc1cccc(N)c1. The molecule has 134 valence electrons. The van der Waals surface area contributed by atoms with Crippen LogP contribution in [0.5, 0.6) is 5.75 Å². The predicted molar refractivity (Wildman–Crippen MR) is 100 cm³/mol. The van der Waals surface area contributed by atoms with Crippen molar-refractivity contribution in [1.29, 1.82) is 5.26 Å². The zero-order chi connectivity index (χ0) is 19.2. The Labute approximate surface area is 155 Å². The van der Waals surface area contributed by atoms with Crippen LogP contribution in [0.3, 0.4) is 0 Å². The number of nitriles is 1. The summed E-state index contributed by atoms with van der Waals surface area (Å²) in [5.41, 5.74) is 13.6. The van der Waals surface area contributed by atoms with E-state index in [2.05, 4.69) is 21.4 Å². The molecule has 0 aliphatic heterocycles. The van der Waals surface area contributed by atoms with Gasteiger partial charge in [0.15, 0.2) is 0 Å². The van der Waals surface area contributed by atoms with Crippen molar-refractivity contribution in [2.45, 2.75) is 6.61 Å². The molecule has 0 aliphatic rings. The fraction of sp³-hybridized carbons (Fsp3) is 0.0526. The lowest BCUT2D eigenvalue weighted by molar-refractivity contribution is 0.0995. The number of nitrogens with one attached hydrogen (secondary N) is 1. The number of carbonyl (C=O) groups is 1. The van der Waals surface area contributed by atoms with Crippen LogP contribution in [0.25, 0.3) is 0 Å². The molecule has 0 saturated heterocycles. The number of primary amides is 1. The van der Waals surface area contributed by atoms with Crippen LogP contribution in [0.1, 0.15) is 21.6 Å². The lowest BCUT2D eigenvalue weighted by Crippen LogP contribution is -2.14. The number of rotatable bonds is 6. The van der Waals surface area contributed by atoms with Crippen LogP contribution in [-0.4, -0.2) is 15.9 Å². The Morgan fingerprint density at radius 1 is 1.22 bits per heavy atom. The molecule has 2 aromatic carbocycles. The van der Waals surface area contributed by atoms with Crippen LogP contribution >= 0.6 is 0 Å². The van der Waals surface area contributed by atoms with Crippen molar-refractivity contribution in [1.82, 2.24) is 9.97 Å². The van der Waals surface area contributed by atoms with Gasteiger partial charge in [0.25, 0.3) is 5.91 Å². The maximum absolute atomic E-state index is 11.2. The van der Waals surface area contributed by atoms with Gasteiger partial charge in [0.1, 0.15) is 24.1 Å². The van der Waals surface area contributed by atoms with E-state index in [1.807, 2.05) is 12.1 Å². The summed E-state index contributed by atoms with van der Waals surface area (Å²) in [4.78, 5) is 19.3. The second-order valence-corrected chi connectivity index (χ2v) is 5.61. The van der Waals surface area contributed by atoms with Gasteiger partial charge in [-0.25, -0.2) is 9.97 Å². The molecule has 3 rings (SSSR count). The lowest BCUT2D eigenvalue weighted by Gasteiger charge is -2.11. The van der Waals surface area contributed by atoms with Crippen molar-refractivity contribution in [3.05, 3.63) is 71.5 Å². The molecule has 1 amide bonds. The van der Waals surface area contributed by atoms with E-state index in [1.54, 1.807) is 30.3 Å². The zero-order valence-electron chi connectivity index (χ0n) is 14.2. The lowest BCUT2D eigenvalue weighted by atomic mass is 10.2. The third-order valence-electron chi connectivity index (χ3n) is 3.61. The van der Waals surface area contributed by atoms with Crippen molar-refractivity contribution in [2.24, 2.45) is 5.73 Å². The second-order valence-electron chi connectivity index (χ2n) is 5.61. The van der Waals surface area contributed by atoms with E-state index in [-0.39, 0.29) is 18.2 Å². The van der Waals surface area contributed by atoms with E-state index < -0.39 is 5.91 Å². The summed E-state index contributed by atoms with van der Waals surface area (Å²) in [7, 11) is 0. The molecule has 0 fully saturated rings. The molecule has 27 heavy (non-hydrogen) atoms. The maximum atomic E-state index is 11.2. The Balaban J connectivity index is 1.80. The molecule has 1 aromatic heterocycles. The highest BCUT2D eigenvalue weighted by Gasteiger charge is 2.09. The number of amides is 1. The first-order valence-corrected chi connectivity index (χ1v) is 7.96. The highest BCUT2D eigenvalue weighted by Crippen LogP contribution is 2.25. The molecule has 0 bridgehead atoms. The Kier molecular flexibility index (Phi) is 5.14. The van der Waals surface area contributed by atoms with Gasteiger partial charge in [-0.2, -0.15) is 5.26 Å². The number of hydrogen-bond acceptors (Lipinski definition) is 7. The third kappa shape index (κ3) is 4.49. The maximum Gasteiger partial charge on any atom is 0.267 e. The third-order valence-corrected chi connectivity index (χ3v) is 3.61. The van der Waals surface area contributed by atoms with Gasteiger partial charge in [-0.3, -0.25) is 4.79 Å². The smallest absolute Gasteiger partial charge is 0.267 e. The van der Waals surface area contributed by atoms with Gasteiger partial charge >= 0.3 is 0 Å². The molecule has 0 aliphatic carbocycles. The Morgan fingerprint density at radius 2 is 2.07 bits per heavy atom. The van der Waals surface area contributed by atoms with E-state index in [0.717, 1.165) is 5.56 Å². The normalized spacial score (nSPS) is 10.0. The van der Waals surface area contributed by atoms with E-state index in [4.69, 9.17) is 16.2 Å². The largest absolute Gasteiger partial charge is 0.487 e. The van der Waals surface area contributed by atoms with Gasteiger partial charge in [-0.15, -0.1) is 0 Å². The highest BCUT2D eigenvalue weighted by molar-refractivity contribution is 5.90. The molecule has 0 spiro atoms. The number of benzene rings is 2. The van der Waals surface area contributed by atoms with Crippen LogP contribution in [0.4, 0.5) is 17.3 Å². The van der Waals surface area contributed by atoms with Crippen LogP contribution in [-0.2, 0) is 6.61 Å². The highest BCUT2D eigenvalue weighted by atomic mass is 16.5. The molecule has 1 heterocycles. The van der Waals surface area contributed by atoms with Crippen LogP contribution < -0.4 is 21.5 Å². The summed E-state index contributed by atoms with van der Waals surface area (Å²) in [5.74, 6) is -0.0415. The van der Waals surface area contributed by atoms with Crippen molar-refractivity contribution >= 4 is 23.2 Å². The minimum atomic E-state index is -0.647. The average molecular weight is 360 g/mol. The summed E-state index contributed by atoms with van der Waals surface area (Å²) in [6, 6.07) is 15.8. The first-order chi connectivity index (χ1) is 13.0. The van der Waals surface area contributed by atoms with Crippen LogP contribution in [0.2, 0.25) is 0 Å². The molecule has 3 aromatic rings. The standard InChI is InChI=1S/C19H16N6O2/c20-10-13-4-5-15(24-19-23-7-6-16(25-19)18(22)26)9-17(13)27-11-12-2-1-3-14(21)8-12/h1-9H,11,21H2,(H2,22,26)(H,23,24,25). The molecule has 0 saturated carbocycles. The first-order valence-electron chi connectivity index (χ1n) is 7.96. The van der Waals surface area contributed by atoms with E-state index in [9.17, 15) is 10.1 Å². The molecule has 8 heteroatoms. The van der Waals surface area contributed by atoms with Crippen molar-refractivity contribution < 1.29 is 9.53 Å². The summed E-state index contributed by atoms with van der Waals surface area (Å²) in [5, 5.41) is 12.3. The van der Waals surface area contributed by atoms with Gasteiger partial charge < -0.3 is 21.5 Å². The quantitative estimate of drug-likeness (QED) is 0.573. The Hall–Kier alpha value is -4.12. The van der Waals surface area contributed by atoms with Gasteiger partial charge in [-0.05, 0) is 35.9 Å². The molecule has 8 nitrogen and oxygen atoms in total. The Morgan fingerprint density at radius 3 is 2.81 bits per heavy atom. The van der Waals surface area contributed by atoms with E-state index in [1.165, 1.54) is 12.3 Å². The number of nitrogens with two attached hydrogens (primary N) is 2. The molecular weight excluding hydrogens is 344 g/mol. The summed E-state index contributed by atoms with van der Waals surface area (Å²) >= 11 is 0. The molecular formula is C19H16N6O2. The summed E-state index contributed by atoms with van der Waals surface area (Å²) in [6.45, 7) is 0.261. The Bertz CT molecular complexity index is 1030. The van der Waals surface area contributed by atoms with Crippen LogP contribution in [0.15, 0.2) is 54.7 Å².